The second-order valence-electron chi connectivity index (χ2n) is 10.4. The van der Waals surface area contributed by atoms with Gasteiger partial charge in [-0.15, -0.1) is 0 Å². The Bertz CT molecular complexity index is 1330. The number of anilines is 2. The van der Waals surface area contributed by atoms with Crippen LogP contribution in [-0.4, -0.2) is 23.1 Å². The summed E-state index contributed by atoms with van der Waals surface area (Å²) in [4.78, 5) is 2.22. The van der Waals surface area contributed by atoms with Crippen molar-refractivity contribution in [3.05, 3.63) is 91.0 Å². The van der Waals surface area contributed by atoms with Crippen LogP contribution in [0.2, 0.25) is 0 Å². The van der Waals surface area contributed by atoms with Crippen LogP contribution in [0.25, 0.3) is 27.6 Å². The molecule has 1 aliphatic rings. The van der Waals surface area contributed by atoms with Gasteiger partial charge >= 0.3 is 0 Å². The standard InChI is InChI=1S/C31H38N4O/c1-7-29(34-20(2)30-9-8-16-35(30)21(3)36-31(4,5)6)26-13-12-22-17-23(10-11-24(22)18-26)25-14-15-27(32)28(33)19-25/h7,10-15,17-19,30,34H,2-3,8-9,16,32-33H2,1,4-6H3/b29-7-/t30-/m0/s1. The molecule has 4 rings (SSSR count). The third-order valence-electron chi connectivity index (χ3n) is 6.55. The van der Waals surface area contributed by atoms with E-state index in [-0.39, 0.29) is 11.6 Å². The molecule has 188 valence electrons. The average molecular weight is 483 g/mol. The lowest BCUT2D eigenvalue weighted by molar-refractivity contribution is 0.00236. The topological polar surface area (TPSA) is 76.5 Å². The molecule has 0 saturated carbocycles. The second-order valence-corrected chi connectivity index (χ2v) is 10.4. The van der Waals surface area contributed by atoms with Crippen molar-refractivity contribution in [3.63, 3.8) is 0 Å². The minimum absolute atomic E-state index is 0.144. The molecular weight excluding hydrogens is 444 g/mol. The van der Waals surface area contributed by atoms with Gasteiger partial charge in [0, 0.05) is 17.9 Å². The van der Waals surface area contributed by atoms with Gasteiger partial charge in [0.05, 0.1) is 17.4 Å². The Morgan fingerprint density at radius 3 is 2.33 bits per heavy atom. The minimum Gasteiger partial charge on any atom is -0.474 e. The first kappa shape index (κ1) is 25.2. The number of nitrogens with zero attached hydrogens (tertiary/aromatic N) is 1. The number of hydrogen-bond acceptors (Lipinski definition) is 5. The molecule has 1 atom stereocenters. The zero-order valence-electron chi connectivity index (χ0n) is 21.9. The van der Waals surface area contributed by atoms with Crippen LogP contribution in [0.4, 0.5) is 11.4 Å². The Hall–Kier alpha value is -3.86. The largest absolute Gasteiger partial charge is 0.474 e. The normalized spacial score (nSPS) is 16.3. The highest BCUT2D eigenvalue weighted by Crippen LogP contribution is 2.31. The van der Waals surface area contributed by atoms with Crippen LogP contribution in [0.15, 0.2) is 85.4 Å². The molecule has 0 amide bonds. The molecule has 0 radical (unpaired) electrons. The van der Waals surface area contributed by atoms with Gasteiger partial charge in [0.2, 0.25) is 0 Å². The van der Waals surface area contributed by atoms with Gasteiger partial charge in [0.1, 0.15) is 5.60 Å². The summed E-state index contributed by atoms with van der Waals surface area (Å²) in [7, 11) is 0. The van der Waals surface area contributed by atoms with Crippen molar-refractivity contribution in [2.45, 2.75) is 52.2 Å². The van der Waals surface area contributed by atoms with Crippen LogP contribution in [0.1, 0.15) is 46.1 Å². The van der Waals surface area contributed by atoms with Gasteiger partial charge in [-0.2, -0.15) is 0 Å². The van der Waals surface area contributed by atoms with Gasteiger partial charge in [-0.05, 0) is 98.8 Å². The maximum atomic E-state index is 6.05. The quantitative estimate of drug-likeness (QED) is 0.253. The van der Waals surface area contributed by atoms with E-state index in [0.717, 1.165) is 47.5 Å². The molecule has 36 heavy (non-hydrogen) atoms. The van der Waals surface area contributed by atoms with Crippen molar-refractivity contribution < 1.29 is 4.74 Å². The number of allylic oxidation sites excluding steroid dienone is 1. The highest BCUT2D eigenvalue weighted by atomic mass is 16.5. The maximum absolute atomic E-state index is 6.05. The fraction of sp³-hybridized carbons (Fsp3) is 0.290. The number of likely N-dealkylation sites (tertiary alicyclic amines) is 1. The summed E-state index contributed by atoms with van der Waals surface area (Å²) in [6, 6.07) is 18.9. The molecule has 0 unspecified atom stereocenters. The van der Waals surface area contributed by atoms with Gasteiger partial charge in [-0.3, -0.25) is 0 Å². The lowest BCUT2D eigenvalue weighted by Gasteiger charge is -2.34. The molecular formula is C31H38N4O. The summed E-state index contributed by atoms with van der Waals surface area (Å²) in [5.74, 6) is 0.708. The van der Waals surface area contributed by atoms with Crippen LogP contribution >= 0.6 is 0 Å². The van der Waals surface area contributed by atoms with Crippen molar-refractivity contribution in [3.8, 4) is 11.1 Å². The van der Waals surface area contributed by atoms with Crippen molar-refractivity contribution in [2.75, 3.05) is 18.0 Å². The van der Waals surface area contributed by atoms with E-state index >= 15 is 0 Å². The first-order valence-corrected chi connectivity index (χ1v) is 12.5. The zero-order chi connectivity index (χ0) is 26.0. The second kappa shape index (κ2) is 10.0. The Morgan fingerprint density at radius 2 is 1.64 bits per heavy atom. The van der Waals surface area contributed by atoms with Gasteiger partial charge < -0.3 is 26.4 Å². The lowest BCUT2D eigenvalue weighted by Crippen LogP contribution is -2.37. The Labute approximate surface area is 215 Å². The molecule has 0 aliphatic carbocycles. The van der Waals surface area contributed by atoms with Crippen LogP contribution < -0.4 is 16.8 Å². The number of benzene rings is 3. The number of fused-ring (bicyclic) bond motifs is 1. The molecule has 0 aromatic heterocycles. The number of ether oxygens (including phenoxy) is 1. The van der Waals surface area contributed by atoms with Crippen molar-refractivity contribution in [1.82, 2.24) is 10.2 Å². The van der Waals surface area contributed by atoms with Crippen LogP contribution in [0.3, 0.4) is 0 Å². The highest BCUT2D eigenvalue weighted by molar-refractivity contribution is 5.90. The van der Waals surface area contributed by atoms with Crippen molar-refractivity contribution >= 4 is 27.8 Å². The first-order valence-electron chi connectivity index (χ1n) is 12.5. The summed E-state index contributed by atoms with van der Waals surface area (Å²) in [6.45, 7) is 17.7. The van der Waals surface area contributed by atoms with E-state index in [0.29, 0.717) is 17.3 Å². The monoisotopic (exact) mass is 482 g/mol. The van der Waals surface area contributed by atoms with E-state index in [1.807, 2.05) is 45.9 Å². The summed E-state index contributed by atoms with van der Waals surface area (Å²) >= 11 is 0. The molecule has 5 N–H and O–H groups in total. The highest BCUT2D eigenvalue weighted by Gasteiger charge is 2.30. The Balaban J connectivity index is 1.52. The SMILES string of the molecule is C=C(N/C(=C\C)c1ccc2cc(-c3ccc(N)c(N)c3)ccc2c1)[C@@H]1CCCN1C(=C)OC(C)(C)C. The Kier molecular flexibility index (Phi) is 7.02. The van der Waals surface area contributed by atoms with Gasteiger partial charge in [-0.1, -0.05) is 43.0 Å². The smallest absolute Gasteiger partial charge is 0.182 e. The van der Waals surface area contributed by atoms with Crippen LogP contribution in [0, 0.1) is 0 Å². The van der Waals surface area contributed by atoms with Gasteiger partial charge in [0.25, 0.3) is 0 Å². The molecule has 5 heteroatoms. The van der Waals surface area contributed by atoms with E-state index in [2.05, 4.69) is 65.8 Å². The van der Waals surface area contributed by atoms with Crippen LogP contribution in [0.5, 0.6) is 0 Å². The molecule has 1 saturated heterocycles. The molecule has 3 aromatic rings. The van der Waals surface area contributed by atoms with E-state index in [1.165, 1.54) is 10.8 Å². The average Bonchev–Trinajstić information content (AvgIpc) is 3.33. The Morgan fingerprint density at radius 1 is 0.972 bits per heavy atom. The molecule has 5 nitrogen and oxygen atoms in total. The van der Waals surface area contributed by atoms with E-state index in [9.17, 15) is 0 Å². The van der Waals surface area contributed by atoms with Gasteiger partial charge in [0.15, 0.2) is 5.88 Å². The fourth-order valence-electron chi connectivity index (χ4n) is 4.75. The minimum atomic E-state index is -0.279. The summed E-state index contributed by atoms with van der Waals surface area (Å²) in [5.41, 5.74) is 18.1. The zero-order valence-corrected chi connectivity index (χ0v) is 21.9. The van der Waals surface area contributed by atoms with E-state index in [1.54, 1.807) is 0 Å². The molecule has 0 spiro atoms. The third kappa shape index (κ3) is 5.51. The van der Waals surface area contributed by atoms with E-state index in [4.69, 9.17) is 16.2 Å². The number of rotatable bonds is 7. The van der Waals surface area contributed by atoms with Crippen molar-refractivity contribution in [2.24, 2.45) is 0 Å². The molecule has 0 bridgehead atoms. The third-order valence-corrected chi connectivity index (χ3v) is 6.55. The maximum Gasteiger partial charge on any atom is 0.182 e. The van der Waals surface area contributed by atoms with Crippen LogP contribution in [-0.2, 0) is 4.74 Å². The van der Waals surface area contributed by atoms with Crippen molar-refractivity contribution in [1.29, 1.82) is 0 Å². The molecule has 1 fully saturated rings. The van der Waals surface area contributed by atoms with Gasteiger partial charge in [-0.25, -0.2) is 0 Å². The molecule has 1 aliphatic heterocycles. The number of nitrogen functional groups attached to an aromatic ring is 2. The summed E-state index contributed by atoms with van der Waals surface area (Å²) in [6.07, 6.45) is 4.20. The molecule has 1 heterocycles. The number of nitrogens with one attached hydrogen (secondary N) is 1. The summed E-state index contributed by atoms with van der Waals surface area (Å²) in [5, 5.41) is 5.92. The first-order chi connectivity index (χ1) is 17.1. The number of nitrogens with two attached hydrogens (primary N) is 2. The molecule has 3 aromatic carbocycles. The fourth-order valence-corrected chi connectivity index (χ4v) is 4.75. The predicted octanol–water partition coefficient (Wildman–Crippen LogP) is 6.89. The summed E-state index contributed by atoms with van der Waals surface area (Å²) < 4.78 is 6.05. The predicted molar refractivity (Wildman–Crippen MR) is 154 cm³/mol. The lowest BCUT2D eigenvalue weighted by atomic mass is 9.98. The van der Waals surface area contributed by atoms with E-state index < -0.39 is 0 Å². The number of hydrogen-bond donors (Lipinski definition) is 3.